The zero-order chi connectivity index (χ0) is 28.1. The molecule has 9 nitrogen and oxygen atoms in total. The van der Waals surface area contributed by atoms with Crippen molar-refractivity contribution in [2.24, 2.45) is 22.1 Å². The Morgan fingerprint density at radius 2 is 1.45 bits per heavy atom. The summed E-state index contributed by atoms with van der Waals surface area (Å²) in [5.41, 5.74) is 2.34. The minimum atomic E-state index is -0.981. The topological polar surface area (TPSA) is 128 Å². The van der Waals surface area contributed by atoms with E-state index in [1.54, 1.807) is 54.6 Å². The predicted molar refractivity (Wildman–Crippen MR) is 152 cm³/mol. The van der Waals surface area contributed by atoms with Crippen LogP contribution in [0.5, 0.6) is 0 Å². The van der Waals surface area contributed by atoms with Crippen LogP contribution in [-0.4, -0.2) is 34.0 Å². The number of nitrogens with one attached hydrogen (secondary N) is 1. The Morgan fingerprint density at radius 3 is 2.10 bits per heavy atom. The third kappa shape index (κ3) is 6.18. The Morgan fingerprint density at radius 1 is 0.825 bits per heavy atom. The molecule has 5 rings (SSSR count). The zero-order valence-electron chi connectivity index (χ0n) is 21.3. The molecule has 3 aromatic carbocycles. The van der Waals surface area contributed by atoms with E-state index >= 15 is 0 Å². The molecule has 0 spiro atoms. The van der Waals surface area contributed by atoms with Crippen molar-refractivity contribution in [1.29, 1.82) is 0 Å². The smallest absolute Gasteiger partial charge is 0.307 e. The number of aliphatic carboxylic acids is 1. The molecule has 3 atom stereocenters. The highest BCUT2D eigenvalue weighted by molar-refractivity contribution is 8.00. The second-order valence-electron chi connectivity index (χ2n) is 9.44. The van der Waals surface area contributed by atoms with E-state index < -0.39 is 23.1 Å². The normalized spacial score (nSPS) is 20.7. The quantitative estimate of drug-likeness (QED) is 0.196. The Kier molecular flexibility index (Phi) is 8.16. The third-order valence-corrected chi connectivity index (χ3v) is 7.93. The lowest BCUT2D eigenvalue weighted by atomic mass is 9.82. The van der Waals surface area contributed by atoms with E-state index in [0.29, 0.717) is 29.9 Å². The summed E-state index contributed by atoms with van der Waals surface area (Å²) in [6, 6.07) is 23.0. The Bertz CT molecular complexity index is 1470. The van der Waals surface area contributed by atoms with Gasteiger partial charge in [0, 0.05) is 17.0 Å². The highest BCUT2D eigenvalue weighted by Gasteiger charge is 2.40. The molecular formula is C30H26N4O5S. The average molecular weight is 555 g/mol. The van der Waals surface area contributed by atoms with Crippen molar-refractivity contribution in [3.8, 4) is 0 Å². The number of hydrogen-bond donors (Lipinski definition) is 2. The van der Waals surface area contributed by atoms with Crippen molar-refractivity contribution in [3.05, 3.63) is 91.0 Å². The van der Waals surface area contributed by atoms with Gasteiger partial charge in [0.05, 0.1) is 34.1 Å². The lowest BCUT2D eigenvalue weighted by Gasteiger charge is -2.24. The van der Waals surface area contributed by atoms with Crippen LogP contribution < -0.4 is 10.2 Å². The molecule has 0 radical (unpaired) electrons. The second kappa shape index (κ2) is 12.1. The highest BCUT2D eigenvalue weighted by Crippen LogP contribution is 2.35. The number of carboxylic acids is 1. The summed E-state index contributed by atoms with van der Waals surface area (Å²) in [4.78, 5) is 52.0. The number of thioether (sulfide) groups is 1. The molecule has 3 unspecified atom stereocenters. The molecule has 10 heteroatoms. The molecule has 2 N–H and O–H groups in total. The lowest BCUT2D eigenvalue weighted by molar-refractivity contribution is -0.146. The van der Waals surface area contributed by atoms with Crippen molar-refractivity contribution in [2.75, 3.05) is 10.2 Å². The second-order valence-corrected chi connectivity index (χ2v) is 10.7. The van der Waals surface area contributed by atoms with E-state index in [-0.39, 0.29) is 24.1 Å². The van der Waals surface area contributed by atoms with Gasteiger partial charge in [-0.2, -0.15) is 10.2 Å². The average Bonchev–Trinajstić information content (AvgIpc) is 3.25. The van der Waals surface area contributed by atoms with Crippen molar-refractivity contribution in [2.45, 2.75) is 29.4 Å². The summed E-state index contributed by atoms with van der Waals surface area (Å²) in [6.07, 6.45) is 4.41. The van der Waals surface area contributed by atoms with Crippen LogP contribution >= 0.6 is 11.8 Å². The van der Waals surface area contributed by atoms with Gasteiger partial charge in [-0.05, 0) is 73.5 Å². The van der Waals surface area contributed by atoms with Gasteiger partial charge in [-0.3, -0.25) is 19.2 Å². The fraction of sp³-hybridized carbons (Fsp3) is 0.200. The third-order valence-electron chi connectivity index (χ3n) is 6.74. The van der Waals surface area contributed by atoms with Gasteiger partial charge >= 0.3 is 5.97 Å². The van der Waals surface area contributed by atoms with E-state index in [1.165, 1.54) is 16.7 Å². The van der Waals surface area contributed by atoms with Crippen LogP contribution in [0.25, 0.3) is 0 Å². The maximum Gasteiger partial charge on any atom is 0.307 e. The number of allylic oxidation sites excluding steroid dienone is 2. The standard InChI is InChI=1S/C30H26N4O5S/c35-27-18-26(29(37)34(27)22-14-10-21(11-15-22)33-32-20-6-2-1-3-7-20)40-23-16-12-19(13-17-23)31-28(36)24-8-4-5-9-25(24)30(38)39/h1-7,10-17,24-26H,8-9,18H2,(H,31,36)(H,38,39). The number of hydrogen-bond acceptors (Lipinski definition) is 7. The summed E-state index contributed by atoms with van der Waals surface area (Å²) < 4.78 is 0. The molecule has 1 fully saturated rings. The van der Waals surface area contributed by atoms with Gasteiger partial charge in [-0.25, -0.2) is 4.90 Å². The minimum Gasteiger partial charge on any atom is -0.481 e. The first-order valence-corrected chi connectivity index (χ1v) is 13.7. The fourth-order valence-electron chi connectivity index (χ4n) is 4.64. The molecule has 0 bridgehead atoms. The number of amides is 3. The lowest BCUT2D eigenvalue weighted by Crippen LogP contribution is -2.34. The van der Waals surface area contributed by atoms with Crippen LogP contribution in [-0.2, 0) is 19.2 Å². The number of anilines is 2. The SMILES string of the molecule is O=C(O)C1CC=CCC1C(=O)Nc1ccc(SC2CC(=O)N(c3ccc(N=Nc4ccccc4)cc3)C2=O)cc1. The van der Waals surface area contributed by atoms with Crippen LogP contribution in [0.1, 0.15) is 19.3 Å². The molecular weight excluding hydrogens is 528 g/mol. The van der Waals surface area contributed by atoms with Gasteiger partial charge in [0.2, 0.25) is 17.7 Å². The van der Waals surface area contributed by atoms with Crippen LogP contribution in [0.3, 0.4) is 0 Å². The molecule has 1 saturated heterocycles. The number of imide groups is 1. The molecule has 0 saturated carbocycles. The van der Waals surface area contributed by atoms with E-state index in [4.69, 9.17) is 0 Å². The van der Waals surface area contributed by atoms with Gasteiger partial charge in [0.1, 0.15) is 0 Å². The molecule has 1 heterocycles. The van der Waals surface area contributed by atoms with Gasteiger partial charge in [0.25, 0.3) is 0 Å². The van der Waals surface area contributed by atoms with Crippen molar-refractivity contribution in [3.63, 3.8) is 0 Å². The number of carbonyl (C=O) groups is 4. The number of benzene rings is 3. The molecule has 2 aliphatic rings. The summed E-state index contributed by atoms with van der Waals surface area (Å²) in [5.74, 6) is -3.27. The van der Waals surface area contributed by atoms with Crippen molar-refractivity contribution >= 4 is 58.2 Å². The first-order valence-electron chi connectivity index (χ1n) is 12.8. The minimum absolute atomic E-state index is 0.0726. The summed E-state index contributed by atoms with van der Waals surface area (Å²) in [7, 11) is 0. The maximum absolute atomic E-state index is 13.1. The van der Waals surface area contributed by atoms with Crippen LogP contribution in [0, 0.1) is 11.8 Å². The number of carbonyl (C=O) groups excluding carboxylic acids is 3. The molecule has 3 amide bonds. The van der Waals surface area contributed by atoms with E-state index in [9.17, 15) is 24.3 Å². The summed E-state index contributed by atoms with van der Waals surface area (Å²) in [5, 5.41) is 20.0. The van der Waals surface area contributed by atoms with Crippen LogP contribution in [0.15, 0.2) is 106 Å². The summed E-state index contributed by atoms with van der Waals surface area (Å²) >= 11 is 1.29. The molecule has 40 heavy (non-hydrogen) atoms. The van der Waals surface area contributed by atoms with Crippen molar-refractivity contribution in [1.82, 2.24) is 0 Å². The number of carboxylic acid groups (broad SMARTS) is 1. The molecule has 1 aliphatic heterocycles. The Balaban J connectivity index is 1.19. The first kappa shape index (κ1) is 27.0. The molecule has 3 aromatic rings. The van der Waals surface area contributed by atoms with Crippen molar-refractivity contribution < 1.29 is 24.3 Å². The molecule has 0 aromatic heterocycles. The summed E-state index contributed by atoms with van der Waals surface area (Å²) in [6.45, 7) is 0. The van der Waals surface area contributed by atoms with E-state index in [0.717, 1.165) is 10.6 Å². The largest absolute Gasteiger partial charge is 0.481 e. The number of nitrogens with zero attached hydrogens (tertiary/aromatic N) is 3. The Labute approximate surface area is 235 Å². The molecule has 202 valence electrons. The first-order chi connectivity index (χ1) is 19.4. The maximum atomic E-state index is 13.1. The Hall–Kier alpha value is -4.57. The monoisotopic (exact) mass is 554 g/mol. The highest BCUT2D eigenvalue weighted by atomic mass is 32.2. The van der Waals surface area contributed by atoms with E-state index in [1.807, 2.05) is 36.4 Å². The van der Waals surface area contributed by atoms with Gasteiger partial charge in [-0.15, -0.1) is 11.8 Å². The number of azo groups is 1. The van der Waals surface area contributed by atoms with Gasteiger partial charge in [0.15, 0.2) is 0 Å². The fourth-order valence-corrected chi connectivity index (χ4v) is 5.69. The van der Waals surface area contributed by atoms with Gasteiger partial charge in [-0.1, -0.05) is 30.4 Å². The van der Waals surface area contributed by atoms with E-state index in [2.05, 4.69) is 15.5 Å². The molecule has 1 aliphatic carbocycles. The van der Waals surface area contributed by atoms with Gasteiger partial charge < -0.3 is 10.4 Å². The van der Waals surface area contributed by atoms with Crippen LogP contribution in [0.4, 0.5) is 22.7 Å². The van der Waals surface area contributed by atoms with Crippen LogP contribution in [0.2, 0.25) is 0 Å². The predicted octanol–water partition coefficient (Wildman–Crippen LogP) is 6.13. The zero-order valence-corrected chi connectivity index (χ0v) is 22.2. The number of rotatable bonds is 8.